The lowest BCUT2D eigenvalue weighted by atomic mass is 10.1. The van der Waals surface area contributed by atoms with Crippen LogP contribution in [0.5, 0.6) is 0 Å². The van der Waals surface area contributed by atoms with E-state index in [1.807, 2.05) is 30.3 Å². The SMILES string of the molecule is C=CC(=O)NC1CC2CN(S(=O)(=O)c3ccc(C(=O)NCCc4ccccc4)c(C)c3)CC2S1. The van der Waals surface area contributed by atoms with Crippen LogP contribution in [0.2, 0.25) is 0 Å². The highest BCUT2D eigenvalue weighted by atomic mass is 32.2. The summed E-state index contributed by atoms with van der Waals surface area (Å²) in [6.45, 7) is 6.58. The minimum absolute atomic E-state index is 0.00714. The van der Waals surface area contributed by atoms with Gasteiger partial charge in [0.25, 0.3) is 5.91 Å². The zero-order valence-electron chi connectivity index (χ0n) is 19.1. The molecule has 0 aliphatic carbocycles. The number of carbonyl (C=O) groups excluding carboxylic acids is 2. The van der Waals surface area contributed by atoms with Crippen molar-refractivity contribution in [2.75, 3.05) is 19.6 Å². The number of aryl methyl sites for hydroxylation is 1. The van der Waals surface area contributed by atoms with E-state index >= 15 is 0 Å². The van der Waals surface area contributed by atoms with Crippen LogP contribution in [0.1, 0.15) is 27.9 Å². The summed E-state index contributed by atoms with van der Waals surface area (Å²) in [5, 5.41) is 5.95. The molecule has 0 aromatic heterocycles. The Bertz CT molecular complexity index is 1170. The Morgan fingerprint density at radius 1 is 1.18 bits per heavy atom. The number of nitrogens with zero attached hydrogens (tertiary/aromatic N) is 1. The molecule has 0 spiro atoms. The fraction of sp³-hybridized carbons (Fsp3) is 0.360. The highest BCUT2D eigenvalue weighted by Gasteiger charge is 2.45. The second-order valence-corrected chi connectivity index (χ2v) is 12.0. The fourth-order valence-electron chi connectivity index (χ4n) is 4.49. The molecule has 9 heteroatoms. The van der Waals surface area contributed by atoms with Gasteiger partial charge in [-0.2, -0.15) is 4.31 Å². The number of carbonyl (C=O) groups is 2. The number of nitrogens with one attached hydrogen (secondary N) is 2. The van der Waals surface area contributed by atoms with Crippen molar-refractivity contribution in [2.24, 2.45) is 5.92 Å². The van der Waals surface area contributed by atoms with Gasteiger partial charge in [0.1, 0.15) is 0 Å². The molecule has 4 rings (SSSR count). The van der Waals surface area contributed by atoms with Crippen LogP contribution >= 0.6 is 11.8 Å². The molecular formula is C25H29N3O4S2. The van der Waals surface area contributed by atoms with E-state index < -0.39 is 10.0 Å². The summed E-state index contributed by atoms with van der Waals surface area (Å²) in [7, 11) is -3.66. The van der Waals surface area contributed by atoms with Crippen LogP contribution in [-0.2, 0) is 21.2 Å². The van der Waals surface area contributed by atoms with Gasteiger partial charge in [-0.1, -0.05) is 36.9 Å². The average Bonchev–Trinajstić information content (AvgIpc) is 3.38. The smallest absolute Gasteiger partial charge is 0.251 e. The first-order valence-electron chi connectivity index (χ1n) is 11.3. The zero-order valence-corrected chi connectivity index (χ0v) is 20.7. The Morgan fingerprint density at radius 3 is 2.62 bits per heavy atom. The molecule has 2 fully saturated rings. The number of fused-ring (bicyclic) bond motifs is 1. The van der Waals surface area contributed by atoms with Gasteiger partial charge >= 0.3 is 0 Å². The molecule has 2 aromatic rings. The predicted molar refractivity (Wildman–Crippen MR) is 134 cm³/mol. The Balaban J connectivity index is 1.36. The average molecular weight is 500 g/mol. The molecule has 7 nitrogen and oxygen atoms in total. The lowest BCUT2D eigenvalue weighted by Gasteiger charge is -2.20. The first kappa shape index (κ1) is 24.5. The Labute approximate surface area is 205 Å². The molecule has 180 valence electrons. The number of benzene rings is 2. The van der Waals surface area contributed by atoms with E-state index in [9.17, 15) is 18.0 Å². The molecule has 2 heterocycles. The first-order valence-corrected chi connectivity index (χ1v) is 13.7. The maximum atomic E-state index is 13.3. The number of rotatable bonds is 8. The van der Waals surface area contributed by atoms with Crippen molar-refractivity contribution in [1.82, 2.24) is 14.9 Å². The molecule has 3 unspecified atom stereocenters. The van der Waals surface area contributed by atoms with E-state index in [1.165, 1.54) is 16.4 Å². The third-order valence-electron chi connectivity index (χ3n) is 6.31. The Morgan fingerprint density at radius 2 is 1.94 bits per heavy atom. The highest BCUT2D eigenvalue weighted by Crippen LogP contribution is 2.43. The van der Waals surface area contributed by atoms with Crippen molar-refractivity contribution >= 4 is 33.6 Å². The molecule has 0 radical (unpaired) electrons. The molecular weight excluding hydrogens is 470 g/mol. The minimum Gasteiger partial charge on any atom is -0.352 e. The van der Waals surface area contributed by atoms with E-state index in [0.29, 0.717) is 30.8 Å². The zero-order chi connectivity index (χ0) is 24.3. The summed E-state index contributed by atoms with van der Waals surface area (Å²) in [4.78, 5) is 24.4. The maximum Gasteiger partial charge on any atom is 0.251 e. The van der Waals surface area contributed by atoms with Crippen LogP contribution in [0.25, 0.3) is 0 Å². The van der Waals surface area contributed by atoms with E-state index in [1.54, 1.807) is 30.8 Å². The Hall–Kier alpha value is -2.62. The van der Waals surface area contributed by atoms with Crippen molar-refractivity contribution in [3.05, 3.63) is 77.9 Å². The van der Waals surface area contributed by atoms with Crippen LogP contribution < -0.4 is 10.6 Å². The third kappa shape index (κ3) is 5.37. The largest absolute Gasteiger partial charge is 0.352 e. The van der Waals surface area contributed by atoms with Crippen LogP contribution in [0.15, 0.2) is 66.1 Å². The predicted octanol–water partition coefficient (Wildman–Crippen LogP) is 2.72. The molecule has 2 N–H and O–H groups in total. The fourth-order valence-corrected chi connectivity index (χ4v) is 7.85. The van der Waals surface area contributed by atoms with Crippen molar-refractivity contribution < 1.29 is 18.0 Å². The molecule has 3 atom stereocenters. The van der Waals surface area contributed by atoms with Gasteiger partial charge in [-0.05, 0) is 61.1 Å². The summed E-state index contributed by atoms with van der Waals surface area (Å²) < 4.78 is 28.1. The number of hydrogen-bond acceptors (Lipinski definition) is 5. The van der Waals surface area contributed by atoms with E-state index in [2.05, 4.69) is 17.2 Å². The molecule has 2 aromatic carbocycles. The number of hydrogen-bond donors (Lipinski definition) is 2. The van der Waals surface area contributed by atoms with Gasteiger partial charge in [0.2, 0.25) is 15.9 Å². The van der Waals surface area contributed by atoms with Gasteiger partial charge in [0.05, 0.1) is 10.3 Å². The molecule has 0 saturated carbocycles. The number of amides is 2. The van der Waals surface area contributed by atoms with Crippen molar-refractivity contribution in [1.29, 1.82) is 0 Å². The van der Waals surface area contributed by atoms with Crippen LogP contribution in [0.3, 0.4) is 0 Å². The van der Waals surface area contributed by atoms with Gasteiger partial charge in [-0.3, -0.25) is 9.59 Å². The lowest BCUT2D eigenvalue weighted by molar-refractivity contribution is -0.116. The second-order valence-electron chi connectivity index (χ2n) is 8.66. The number of sulfonamides is 1. The van der Waals surface area contributed by atoms with Gasteiger partial charge in [0, 0.05) is 30.4 Å². The summed E-state index contributed by atoms with van der Waals surface area (Å²) in [6, 6.07) is 14.6. The van der Waals surface area contributed by atoms with E-state index in [0.717, 1.165) is 18.4 Å². The highest BCUT2D eigenvalue weighted by molar-refractivity contribution is 8.00. The summed E-state index contributed by atoms with van der Waals surface area (Å²) >= 11 is 1.62. The van der Waals surface area contributed by atoms with E-state index in [-0.39, 0.29) is 33.3 Å². The van der Waals surface area contributed by atoms with E-state index in [4.69, 9.17) is 0 Å². The van der Waals surface area contributed by atoms with Crippen LogP contribution in [0.4, 0.5) is 0 Å². The maximum absolute atomic E-state index is 13.3. The summed E-state index contributed by atoms with van der Waals surface area (Å²) in [5.74, 6) is -0.218. The standard InChI is InChI=1S/C25H29N3O4S2/c1-3-23(29)27-24-14-19-15-28(16-22(19)33-24)34(31,32)20-9-10-21(17(2)13-20)25(30)26-12-11-18-7-5-4-6-8-18/h3-10,13,19,22,24H,1,11-12,14-16H2,2H3,(H,26,30)(H,27,29). The first-order chi connectivity index (χ1) is 16.3. The molecule has 2 aliphatic rings. The normalized spacial score (nSPS) is 22.2. The Kier molecular flexibility index (Phi) is 7.45. The third-order valence-corrected chi connectivity index (χ3v) is 9.66. The van der Waals surface area contributed by atoms with Crippen molar-refractivity contribution in [3.8, 4) is 0 Å². The van der Waals surface area contributed by atoms with Crippen molar-refractivity contribution in [3.63, 3.8) is 0 Å². The molecule has 34 heavy (non-hydrogen) atoms. The van der Waals surface area contributed by atoms with Gasteiger partial charge in [0.15, 0.2) is 0 Å². The minimum atomic E-state index is -3.66. The summed E-state index contributed by atoms with van der Waals surface area (Å²) in [6.07, 6.45) is 2.72. The molecule has 2 aliphatic heterocycles. The molecule has 0 bridgehead atoms. The topological polar surface area (TPSA) is 95.6 Å². The van der Waals surface area contributed by atoms with Gasteiger partial charge < -0.3 is 10.6 Å². The quantitative estimate of drug-likeness (QED) is 0.545. The lowest BCUT2D eigenvalue weighted by Crippen LogP contribution is -2.33. The van der Waals surface area contributed by atoms with Crippen LogP contribution in [-0.4, -0.2) is 54.8 Å². The number of thioether (sulfide) groups is 1. The molecule has 2 saturated heterocycles. The van der Waals surface area contributed by atoms with Gasteiger partial charge in [-0.25, -0.2) is 8.42 Å². The summed E-state index contributed by atoms with van der Waals surface area (Å²) in [5.41, 5.74) is 2.24. The van der Waals surface area contributed by atoms with Crippen LogP contribution in [0, 0.1) is 12.8 Å². The monoisotopic (exact) mass is 499 g/mol. The van der Waals surface area contributed by atoms with Crippen molar-refractivity contribution in [2.45, 2.75) is 35.3 Å². The second kappa shape index (κ2) is 10.3. The van der Waals surface area contributed by atoms with Gasteiger partial charge in [-0.15, -0.1) is 11.8 Å². The molecule has 2 amide bonds.